The van der Waals surface area contributed by atoms with Gasteiger partial charge in [-0.15, -0.1) is 12.3 Å². The molecular formula is C10H14N2O3. The van der Waals surface area contributed by atoms with E-state index >= 15 is 0 Å². The summed E-state index contributed by atoms with van der Waals surface area (Å²) in [7, 11) is 0. The monoisotopic (exact) mass is 210 g/mol. The van der Waals surface area contributed by atoms with Crippen LogP contribution in [0.1, 0.15) is 19.3 Å². The molecule has 0 aromatic heterocycles. The predicted octanol–water partition coefficient (Wildman–Crippen LogP) is 0.268. The minimum Gasteiger partial charge on any atom is -0.480 e. The van der Waals surface area contributed by atoms with E-state index in [9.17, 15) is 9.59 Å². The van der Waals surface area contributed by atoms with Crippen LogP contribution in [0.15, 0.2) is 0 Å². The van der Waals surface area contributed by atoms with E-state index in [1.165, 1.54) is 4.90 Å². The number of nitrogens with zero attached hydrogens (tertiary/aromatic N) is 1. The van der Waals surface area contributed by atoms with Gasteiger partial charge in [-0.1, -0.05) is 0 Å². The summed E-state index contributed by atoms with van der Waals surface area (Å²) in [5, 5.41) is 11.4. The summed E-state index contributed by atoms with van der Waals surface area (Å²) in [4.78, 5) is 23.7. The van der Waals surface area contributed by atoms with Crippen LogP contribution in [0.25, 0.3) is 0 Å². The molecule has 1 fully saturated rings. The molecule has 5 heteroatoms. The summed E-state index contributed by atoms with van der Waals surface area (Å²) in [5.74, 6) is 1.45. The van der Waals surface area contributed by atoms with Gasteiger partial charge in [0.1, 0.15) is 6.04 Å². The molecule has 0 radical (unpaired) electrons. The molecule has 2 N–H and O–H groups in total. The van der Waals surface area contributed by atoms with Crippen molar-refractivity contribution in [2.45, 2.75) is 25.3 Å². The second kappa shape index (κ2) is 5.25. The SMILES string of the molecule is C#CCCNC(=O)N1CCC[C@@H]1C(=O)O. The van der Waals surface area contributed by atoms with Gasteiger partial charge in [-0.2, -0.15) is 0 Å². The number of carboxylic acid groups (broad SMARTS) is 1. The molecule has 0 bridgehead atoms. The van der Waals surface area contributed by atoms with Crippen LogP contribution in [0, 0.1) is 12.3 Å². The van der Waals surface area contributed by atoms with Crippen molar-refractivity contribution in [1.29, 1.82) is 0 Å². The number of hydrogen-bond donors (Lipinski definition) is 2. The fourth-order valence-corrected chi connectivity index (χ4v) is 1.61. The lowest BCUT2D eigenvalue weighted by Crippen LogP contribution is -2.46. The summed E-state index contributed by atoms with van der Waals surface area (Å²) >= 11 is 0. The van der Waals surface area contributed by atoms with Gasteiger partial charge in [-0.05, 0) is 12.8 Å². The van der Waals surface area contributed by atoms with E-state index in [0.29, 0.717) is 25.9 Å². The van der Waals surface area contributed by atoms with Crippen molar-refractivity contribution < 1.29 is 14.7 Å². The van der Waals surface area contributed by atoms with E-state index in [4.69, 9.17) is 11.5 Å². The van der Waals surface area contributed by atoms with Gasteiger partial charge >= 0.3 is 12.0 Å². The van der Waals surface area contributed by atoms with Crippen LogP contribution in [0.2, 0.25) is 0 Å². The topological polar surface area (TPSA) is 69.6 Å². The third kappa shape index (κ3) is 2.88. The Morgan fingerprint density at radius 3 is 2.93 bits per heavy atom. The van der Waals surface area contributed by atoms with Crippen molar-refractivity contribution >= 4 is 12.0 Å². The van der Waals surface area contributed by atoms with Gasteiger partial charge in [0.2, 0.25) is 0 Å². The second-order valence-electron chi connectivity index (χ2n) is 3.38. The van der Waals surface area contributed by atoms with Gasteiger partial charge in [0.15, 0.2) is 0 Å². The number of urea groups is 1. The molecule has 1 atom stereocenters. The first-order chi connectivity index (χ1) is 7.16. The van der Waals surface area contributed by atoms with Gasteiger partial charge in [-0.25, -0.2) is 9.59 Å². The Morgan fingerprint density at radius 1 is 1.60 bits per heavy atom. The van der Waals surface area contributed by atoms with Gasteiger partial charge in [0.25, 0.3) is 0 Å². The molecule has 1 rings (SSSR count). The fourth-order valence-electron chi connectivity index (χ4n) is 1.61. The maximum absolute atomic E-state index is 11.5. The van der Waals surface area contributed by atoms with E-state index in [1.54, 1.807) is 0 Å². The quantitative estimate of drug-likeness (QED) is 0.519. The highest BCUT2D eigenvalue weighted by atomic mass is 16.4. The summed E-state index contributed by atoms with van der Waals surface area (Å²) in [5.41, 5.74) is 0. The Hall–Kier alpha value is -1.70. The maximum Gasteiger partial charge on any atom is 0.326 e. The molecule has 0 aromatic rings. The first-order valence-electron chi connectivity index (χ1n) is 4.87. The highest BCUT2D eigenvalue weighted by molar-refractivity contribution is 5.83. The smallest absolute Gasteiger partial charge is 0.326 e. The molecule has 1 aliphatic heterocycles. The number of hydrogen-bond acceptors (Lipinski definition) is 2. The number of aliphatic carboxylic acids is 1. The predicted molar refractivity (Wildman–Crippen MR) is 54.2 cm³/mol. The molecular weight excluding hydrogens is 196 g/mol. The molecule has 0 aliphatic carbocycles. The zero-order valence-electron chi connectivity index (χ0n) is 8.40. The molecule has 0 aromatic carbocycles. The first-order valence-corrected chi connectivity index (χ1v) is 4.87. The maximum atomic E-state index is 11.5. The lowest BCUT2D eigenvalue weighted by molar-refractivity contribution is -0.141. The van der Waals surface area contributed by atoms with Gasteiger partial charge in [0.05, 0.1) is 0 Å². The summed E-state index contributed by atoms with van der Waals surface area (Å²) in [6, 6.07) is -1.02. The van der Waals surface area contributed by atoms with Gasteiger partial charge in [0, 0.05) is 19.5 Å². The minimum atomic E-state index is -0.945. The molecule has 1 saturated heterocycles. The first kappa shape index (κ1) is 11.4. The molecule has 0 spiro atoms. The van der Waals surface area contributed by atoms with Crippen LogP contribution in [0.4, 0.5) is 4.79 Å². The second-order valence-corrected chi connectivity index (χ2v) is 3.38. The van der Waals surface area contributed by atoms with Crippen LogP contribution in [-0.4, -0.2) is 41.1 Å². The number of carbonyl (C=O) groups is 2. The highest BCUT2D eigenvalue weighted by Gasteiger charge is 2.33. The van der Waals surface area contributed by atoms with Crippen LogP contribution in [-0.2, 0) is 4.79 Å². The fraction of sp³-hybridized carbons (Fsp3) is 0.600. The number of likely N-dealkylation sites (tertiary alicyclic amines) is 1. The largest absolute Gasteiger partial charge is 0.480 e. The summed E-state index contributed by atoms with van der Waals surface area (Å²) in [6.07, 6.45) is 6.75. The molecule has 5 nitrogen and oxygen atoms in total. The lowest BCUT2D eigenvalue weighted by Gasteiger charge is -2.21. The van der Waals surface area contributed by atoms with Crippen LogP contribution in [0.3, 0.4) is 0 Å². The van der Waals surface area contributed by atoms with Crippen LogP contribution >= 0.6 is 0 Å². The number of carboxylic acids is 1. The van der Waals surface area contributed by atoms with Crippen molar-refractivity contribution in [3.05, 3.63) is 0 Å². The molecule has 2 amide bonds. The van der Waals surface area contributed by atoms with E-state index in [1.807, 2.05) is 0 Å². The van der Waals surface area contributed by atoms with E-state index < -0.39 is 12.0 Å². The Balaban J connectivity index is 2.45. The normalized spacial score (nSPS) is 19.7. The van der Waals surface area contributed by atoms with E-state index in [-0.39, 0.29) is 6.03 Å². The average molecular weight is 210 g/mol. The number of carbonyl (C=O) groups excluding carboxylic acids is 1. The third-order valence-corrected chi connectivity index (χ3v) is 2.34. The zero-order valence-corrected chi connectivity index (χ0v) is 8.40. The Kier molecular flexibility index (Phi) is 3.98. The highest BCUT2D eigenvalue weighted by Crippen LogP contribution is 2.16. The number of amides is 2. The number of nitrogens with one attached hydrogen (secondary N) is 1. The zero-order chi connectivity index (χ0) is 11.3. The van der Waals surface area contributed by atoms with Crippen molar-refractivity contribution in [2.75, 3.05) is 13.1 Å². The Morgan fingerprint density at radius 2 is 2.33 bits per heavy atom. The van der Waals surface area contributed by atoms with Crippen LogP contribution < -0.4 is 5.32 Å². The third-order valence-electron chi connectivity index (χ3n) is 2.34. The lowest BCUT2D eigenvalue weighted by atomic mass is 10.2. The molecule has 1 aliphatic rings. The van der Waals surface area contributed by atoms with Gasteiger partial charge < -0.3 is 15.3 Å². The summed E-state index contributed by atoms with van der Waals surface area (Å²) < 4.78 is 0. The Labute approximate surface area is 88.4 Å². The molecule has 0 unspecified atom stereocenters. The Bertz CT molecular complexity index is 296. The van der Waals surface area contributed by atoms with Gasteiger partial charge in [-0.3, -0.25) is 0 Å². The standard InChI is InChI=1S/C10H14N2O3/c1-2-3-6-11-10(15)12-7-4-5-8(12)9(13)14/h1,8H,3-7H2,(H,11,15)(H,13,14)/t8-/m1/s1. The van der Waals surface area contributed by atoms with E-state index in [0.717, 1.165) is 6.42 Å². The van der Waals surface area contributed by atoms with E-state index in [2.05, 4.69) is 11.2 Å². The van der Waals surface area contributed by atoms with Crippen molar-refractivity contribution in [3.8, 4) is 12.3 Å². The minimum absolute atomic E-state index is 0.338. The number of rotatable bonds is 3. The van der Waals surface area contributed by atoms with Crippen LogP contribution in [0.5, 0.6) is 0 Å². The van der Waals surface area contributed by atoms with Crippen molar-refractivity contribution in [3.63, 3.8) is 0 Å². The van der Waals surface area contributed by atoms with Crippen molar-refractivity contribution in [1.82, 2.24) is 10.2 Å². The van der Waals surface area contributed by atoms with Crippen molar-refractivity contribution in [2.24, 2.45) is 0 Å². The molecule has 1 heterocycles. The molecule has 0 saturated carbocycles. The molecule has 82 valence electrons. The summed E-state index contributed by atoms with van der Waals surface area (Å²) in [6.45, 7) is 0.886. The average Bonchev–Trinajstić information content (AvgIpc) is 2.66. The number of terminal acetylenes is 1. The molecule has 15 heavy (non-hydrogen) atoms.